The van der Waals surface area contributed by atoms with Gasteiger partial charge >= 0.3 is 0 Å². The van der Waals surface area contributed by atoms with Gasteiger partial charge in [-0.15, -0.1) is 11.8 Å². The summed E-state index contributed by atoms with van der Waals surface area (Å²) in [4.78, 5) is 6.32. The minimum Gasteiger partial charge on any atom is -0.370 e. The Labute approximate surface area is 100.0 Å². The van der Waals surface area contributed by atoms with Crippen LogP contribution < -0.4 is 0 Å². The number of hydrogen-bond donors (Lipinski definition) is 0. The zero-order valence-electron chi connectivity index (χ0n) is 9.21. The van der Waals surface area contributed by atoms with Gasteiger partial charge in [-0.2, -0.15) is 0 Å². The molecule has 3 heteroatoms. The Hall–Kier alpha value is -1.48. The van der Waals surface area contributed by atoms with Crippen molar-refractivity contribution >= 4 is 22.7 Å². The Bertz CT molecular complexity index is 417. The summed E-state index contributed by atoms with van der Waals surface area (Å²) in [5.41, 5.74) is 1.06. The van der Waals surface area contributed by atoms with Crippen molar-refractivity contribution in [3.05, 3.63) is 54.2 Å². The SMILES string of the molecule is CN1C=CSC1.c1ccc2ncccc2c1. The third-order valence-electron chi connectivity index (χ3n) is 2.20. The number of rotatable bonds is 0. The van der Waals surface area contributed by atoms with Gasteiger partial charge in [0, 0.05) is 24.8 Å². The number of hydrogen-bond acceptors (Lipinski definition) is 3. The quantitative estimate of drug-likeness (QED) is 0.690. The summed E-state index contributed by atoms with van der Waals surface area (Å²) in [6.45, 7) is 0. The Morgan fingerprint density at radius 1 is 1.19 bits per heavy atom. The third-order valence-corrected chi connectivity index (χ3v) is 3.07. The van der Waals surface area contributed by atoms with Crippen molar-refractivity contribution in [2.45, 2.75) is 0 Å². The van der Waals surface area contributed by atoms with E-state index >= 15 is 0 Å². The number of para-hydroxylation sites is 1. The molecule has 0 radical (unpaired) electrons. The predicted molar refractivity (Wildman–Crippen MR) is 71.1 cm³/mol. The van der Waals surface area contributed by atoms with Gasteiger partial charge in [-0.05, 0) is 17.5 Å². The van der Waals surface area contributed by atoms with Crippen LogP contribution in [0.25, 0.3) is 10.9 Å². The first-order chi connectivity index (χ1) is 7.86. The Kier molecular flexibility index (Phi) is 3.83. The summed E-state index contributed by atoms with van der Waals surface area (Å²) < 4.78 is 0. The Balaban J connectivity index is 0.000000138. The van der Waals surface area contributed by atoms with Crippen molar-refractivity contribution in [1.29, 1.82) is 0 Å². The summed E-state index contributed by atoms with van der Waals surface area (Å²) in [6, 6.07) is 12.1. The van der Waals surface area contributed by atoms with E-state index in [1.54, 1.807) is 0 Å². The molecule has 1 aliphatic rings. The van der Waals surface area contributed by atoms with E-state index < -0.39 is 0 Å². The lowest BCUT2D eigenvalue weighted by atomic mass is 10.2. The molecule has 1 aliphatic heterocycles. The second-order valence-electron chi connectivity index (χ2n) is 3.53. The fraction of sp³-hybridized carbons (Fsp3) is 0.154. The first-order valence-corrected chi connectivity index (χ1v) is 6.19. The first kappa shape index (κ1) is 11.0. The highest BCUT2D eigenvalue weighted by molar-refractivity contribution is 8.02. The molecule has 0 spiro atoms. The molecule has 0 bridgehead atoms. The maximum Gasteiger partial charge on any atom is 0.0701 e. The van der Waals surface area contributed by atoms with Gasteiger partial charge in [-0.1, -0.05) is 24.3 Å². The molecule has 2 nitrogen and oxygen atoms in total. The predicted octanol–water partition coefficient (Wildman–Crippen LogP) is 3.33. The second kappa shape index (κ2) is 5.56. The third kappa shape index (κ3) is 3.00. The van der Waals surface area contributed by atoms with Crippen LogP contribution in [-0.2, 0) is 0 Å². The van der Waals surface area contributed by atoms with Crippen molar-refractivity contribution in [2.75, 3.05) is 12.9 Å². The van der Waals surface area contributed by atoms with E-state index in [0.717, 1.165) is 11.4 Å². The average Bonchev–Trinajstić information content (AvgIpc) is 2.81. The number of nitrogens with zero attached hydrogens (tertiary/aromatic N) is 2. The van der Waals surface area contributed by atoms with Crippen molar-refractivity contribution in [1.82, 2.24) is 9.88 Å². The normalized spacial score (nSPS) is 13.7. The minimum atomic E-state index is 1.06. The lowest BCUT2D eigenvalue weighted by Gasteiger charge is -2.01. The molecule has 16 heavy (non-hydrogen) atoms. The van der Waals surface area contributed by atoms with Crippen molar-refractivity contribution in [3.8, 4) is 0 Å². The van der Waals surface area contributed by atoms with Crippen LogP contribution >= 0.6 is 11.8 Å². The average molecular weight is 230 g/mol. The number of benzene rings is 1. The van der Waals surface area contributed by atoms with Gasteiger partial charge in [0.25, 0.3) is 0 Å². The summed E-state index contributed by atoms with van der Waals surface area (Å²) in [7, 11) is 2.07. The van der Waals surface area contributed by atoms with Gasteiger partial charge in [0.1, 0.15) is 0 Å². The Morgan fingerprint density at radius 3 is 2.62 bits per heavy atom. The molecule has 2 aromatic rings. The fourth-order valence-corrected chi connectivity index (χ4v) is 2.07. The van der Waals surface area contributed by atoms with Crippen LogP contribution in [0.3, 0.4) is 0 Å². The van der Waals surface area contributed by atoms with Crippen molar-refractivity contribution < 1.29 is 0 Å². The first-order valence-electron chi connectivity index (χ1n) is 5.14. The topological polar surface area (TPSA) is 16.1 Å². The monoisotopic (exact) mass is 230 g/mol. The zero-order valence-corrected chi connectivity index (χ0v) is 10.0. The highest BCUT2D eigenvalue weighted by atomic mass is 32.2. The van der Waals surface area contributed by atoms with Crippen LogP contribution in [-0.4, -0.2) is 22.8 Å². The molecule has 0 aliphatic carbocycles. The van der Waals surface area contributed by atoms with Gasteiger partial charge < -0.3 is 4.90 Å². The van der Waals surface area contributed by atoms with E-state index in [1.165, 1.54) is 5.39 Å². The molecule has 3 rings (SSSR count). The molecule has 1 aromatic heterocycles. The van der Waals surface area contributed by atoms with E-state index in [1.807, 2.05) is 42.2 Å². The Morgan fingerprint density at radius 2 is 2.00 bits per heavy atom. The molecular weight excluding hydrogens is 216 g/mol. The van der Waals surface area contributed by atoms with Gasteiger partial charge in [-0.25, -0.2) is 0 Å². The molecule has 0 saturated heterocycles. The molecule has 0 N–H and O–H groups in total. The lowest BCUT2D eigenvalue weighted by molar-refractivity contribution is 0.552. The highest BCUT2D eigenvalue weighted by Gasteiger charge is 1.93. The summed E-state index contributed by atoms with van der Waals surface area (Å²) in [5, 5.41) is 3.30. The van der Waals surface area contributed by atoms with E-state index in [2.05, 4.69) is 40.7 Å². The molecule has 0 atom stereocenters. The number of thioether (sulfide) groups is 1. The van der Waals surface area contributed by atoms with Crippen LogP contribution in [0.2, 0.25) is 0 Å². The molecule has 0 unspecified atom stereocenters. The van der Waals surface area contributed by atoms with Crippen LogP contribution in [0.4, 0.5) is 0 Å². The van der Waals surface area contributed by atoms with Crippen molar-refractivity contribution in [2.24, 2.45) is 0 Å². The van der Waals surface area contributed by atoms with Crippen LogP contribution in [0.5, 0.6) is 0 Å². The molecule has 0 fully saturated rings. The van der Waals surface area contributed by atoms with Crippen molar-refractivity contribution in [3.63, 3.8) is 0 Å². The van der Waals surface area contributed by atoms with Crippen LogP contribution in [0.1, 0.15) is 0 Å². The highest BCUT2D eigenvalue weighted by Crippen LogP contribution is 2.11. The largest absolute Gasteiger partial charge is 0.370 e. The number of pyridine rings is 1. The molecule has 0 amide bonds. The van der Waals surface area contributed by atoms with Gasteiger partial charge in [0.15, 0.2) is 0 Å². The van der Waals surface area contributed by atoms with E-state index in [0.29, 0.717) is 0 Å². The summed E-state index contributed by atoms with van der Waals surface area (Å²) >= 11 is 1.83. The lowest BCUT2D eigenvalue weighted by Crippen LogP contribution is -2.02. The molecular formula is C13H14N2S. The van der Waals surface area contributed by atoms with Crippen LogP contribution in [0.15, 0.2) is 54.2 Å². The van der Waals surface area contributed by atoms with E-state index in [9.17, 15) is 0 Å². The standard InChI is InChI=1S/C9H7N.C4H7NS/c1-2-6-9-8(4-1)5-3-7-10-9;1-5-2-3-6-4-5/h1-7H;2-3H,4H2,1H3. The number of fused-ring (bicyclic) bond motifs is 1. The zero-order chi connectivity index (χ0) is 11.2. The maximum absolute atomic E-state index is 4.18. The van der Waals surface area contributed by atoms with E-state index in [4.69, 9.17) is 0 Å². The van der Waals surface area contributed by atoms with Gasteiger partial charge in [0.05, 0.1) is 11.4 Å². The smallest absolute Gasteiger partial charge is 0.0701 e. The van der Waals surface area contributed by atoms with Crippen LogP contribution in [0, 0.1) is 0 Å². The molecule has 1 aromatic carbocycles. The van der Waals surface area contributed by atoms with Gasteiger partial charge in [0.2, 0.25) is 0 Å². The number of aromatic nitrogens is 1. The maximum atomic E-state index is 4.18. The van der Waals surface area contributed by atoms with E-state index in [-0.39, 0.29) is 0 Å². The molecule has 2 heterocycles. The fourth-order valence-electron chi connectivity index (χ4n) is 1.37. The second-order valence-corrected chi connectivity index (χ2v) is 4.40. The summed E-state index contributed by atoms with van der Waals surface area (Å²) in [5.74, 6) is 1.12. The molecule has 0 saturated carbocycles. The molecule has 82 valence electrons. The summed E-state index contributed by atoms with van der Waals surface area (Å²) in [6.07, 6.45) is 3.88. The minimum absolute atomic E-state index is 1.06. The van der Waals surface area contributed by atoms with Gasteiger partial charge in [-0.3, -0.25) is 4.98 Å².